The molecule has 1 amide bonds. The summed E-state index contributed by atoms with van der Waals surface area (Å²) in [5.41, 5.74) is 0.890. The molecular weight excluding hydrogens is 326 g/mol. The van der Waals surface area contributed by atoms with Gasteiger partial charge in [0.1, 0.15) is 6.33 Å². The zero-order chi connectivity index (χ0) is 17.7. The summed E-state index contributed by atoms with van der Waals surface area (Å²) in [7, 11) is 0. The SMILES string of the molecule is O=C(O)CC1(NC(=O)Cc2ccc(-n3cnnn3)cc2)CCOCC1. The molecule has 2 N–H and O–H groups in total. The van der Waals surface area contributed by atoms with Crippen molar-refractivity contribution in [3.63, 3.8) is 0 Å². The zero-order valence-electron chi connectivity index (χ0n) is 13.6. The monoisotopic (exact) mass is 345 g/mol. The molecule has 2 aromatic rings. The van der Waals surface area contributed by atoms with Crippen molar-refractivity contribution in [3.05, 3.63) is 36.2 Å². The fraction of sp³-hybridized carbons (Fsp3) is 0.438. The summed E-state index contributed by atoms with van der Waals surface area (Å²) in [6.45, 7) is 0.905. The highest BCUT2D eigenvalue weighted by atomic mass is 16.5. The Bertz CT molecular complexity index is 723. The van der Waals surface area contributed by atoms with Crippen molar-refractivity contribution >= 4 is 11.9 Å². The number of ether oxygens (including phenoxy) is 1. The maximum Gasteiger partial charge on any atom is 0.305 e. The Balaban J connectivity index is 1.63. The normalized spacial score (nSPS) is 16.3. The Morgan fingerprint density at radius 1 is 1.24 bits per heavy atom. The number of carbonyl (C=O) groups is 2. The van der Waals surface area contributed by atoms with Crippen LogP contribution in [0.1, 0.15) is 24.8 Å². The number of tetrazole rings is 1. The van der Waals surface area contributed by atoms with E-state index in [1.807, 2.05) is 24.3 Å². The van der Waals surface area contributed by atoms with E-state index >= 15 is 0 Å². The van der Waals surface area contributed by atoms with Crippen molar-refractivity contribution in [2.24, 2.45) is 0 Å². The van der Waals surface area contributed by atoms with Crippen LogP contribution < -0.4 is 5.32 Å². The van der Waals surface area contributed by atoms with Crippen LogP contribution in [0.15, 0.2) is 30.6 Å². The van der Waals surface area contributed by atoms with E-state index in [1.54, 1.807) is 0 Å². The smallest absolute Gasteiger partial charge is 0.305 e. The predicted molar refractivity (Wildman–Crippen MR) is 86.0 cm³/mol. The van der Waals surface area contributed by atoms with Crippen LogP contribution in [0.3, 0.4) is 0 Å². The van der Waals surface area contributed by atoms with Crippen LogP contribution in [0.25, 0.3) is 5.69 Å². The lowest BCUT2D eigenvalue weighted by Crippen LogP contribution is -2.53. The number of nitrogens with one attached hydrogen (secondary N) is 1. The fourth-order valence-corrected chi connectivity index (χ4v) is 2.97. The minimum absolute atomic E-state index is 0.0969. The van der Waals surface area contributed by atoms with Gasteiger partial charge in [-0.3, -0.25) is 9.59 Å². The molecule has 9 heteroatoms. The number of carbonyl (C=O) groups excluding carboxylic acids is 1. The van der Waals surface area contributed by atoms with Crippen LogP contribution in [0, 0.1) is 0 Å². The molecule has 25 heavy (non-hydrogen) atoms. The number of nitrogens with zero attached hydrogens (tertiary/aromatic N) is 4. The summed E-state index contributed by atoms with van der Waals surface area (Å²) in [6.07, 6.45) is 2.58. The van der Waals surface area contributed by atoms with Crippen molar-refractivity contribution in [1.29, 1.82) is 0 Å². The van der Waals surface area contributed by atoms with Crippen LogP contribution in [-0.4, -0.2) is 55.9 Å². The van der Waals surface area contributed by atoms with E-state index in [2.05, 4.69) is 20.8 Å². The van der Waals surface area contributed by atoms with E-state index < -0.39 is 11.5 Å². The van der Waals surface area contributed by atoms with Crippen molar-refractivity contribution in [3.8, 4) is 5.69 Å². The molecule has 3 rings (SSSR count). The van der Waals surface area contributed by atoms with E-state index in [1.165, 1.54) is 11.0 Å². The van der Waals surface area contributed by atoms with Gasteiger partial charge in [-0.1, -0.05) is 12.1 Å². The van der Waals surface area contributed by atoms with Crippen molar-refractivity contribution in [2.75, 3.05) is 13.2 Å². The minimum Gasteiger partial charge on any atom is -0.481 e. The quantitative estimate of drug-likeness (QED) is 0.775. The number of carboxylic acid groups (broad SMARTS) is 1. The second kappa shape index (κ2) is 7.39. The molecule has 1 aromatic heterocycles. The fourth-order valence-electron chi connectivity index (χ4n) is 2.97. The van der Waals surface area contributed by atoms with Crippen molar-refractivity contribution in [1.82, 2.24) is 25.5 Å². The molecule has 1 aliphatic rings. The molecule has 0 saturated carbocycles. The van der Waals surface area contributed by atoms with E-state index in [-0.39, 0.29) is 18.7 Å². The zero-order valence-corrected chi connectivity index (χ0v) is 13.6. The number of aromatic nitrogens is 4. The maximum absolute atomic E-state index is 12.4. The first-order valence-corrected chi connectivity index (χ1v) is 7.99. The first-order valence-electron chi connectivity index (χ1n) is 7.99. The largest absolute Gasteiger partial charge is 0.481 e. The number of aliphatic carboxylic acids is 1. The van der Waals surface area contributed by atoms with Gasteiger partial charge in [0, 0.05) is 13.2 Å². The van der Waals surface area contributed by atoms with Gasteiger partial charge in [-0.05, 0) is 41.0 Å². The topological polar surface area (TPSA) is 119 Å². The van der Waals surface area contributed by atoms with Crippen molar-refractivity contribution < 1.29 is 19.4 Å². The molecule has 1 fully saturated rings. The van der Waals surface area contributed by atoms with Gasteiger partial charge in [0.25, 0.3) is 0 Å². The van der Waals surface area contributed by atoms with Gasteiger partial charge in [0.2, 0.25) is 5.91 Å². The Morgan fingerprint density at radius 3 is 2.56 bits per heavy atom. The number of hydrogen-bond acceptors (Lipinski definition) is 6. The average Bonchev–Trinajstić information content (AvgIpc) is 3.10. The van der Waals surface area contributed by atoms with E-state index in [4.69, 9.17) is 9.84 Å². The molecule has 1 saturated heterocycles. The molecule has 9 nitrogen and oxygen atoms in total. The van der Waals surface area contributed by atoms with E-state index in [9.17, 15) is 9.59 Å². The maximum atomic E-state index is 12.4. The van der Waals surface area contributed by atoms with Gasteiger partial charge in [-0.15, -0.1) is 5.10 Å². The lowest BCUT2D eigenvalue weighted by atomic mass is 9.86. The predicted octanol–water partition coefficient (Wildman–Crippen LogP) is 0.345. The number of hydrogen-bond donors (Lipinski definition) is 2. The molecule has 132 valence electrons. The van der Waals surface area contributed by atoms with Crippen LogP contribution in [0.5, 0.6) is 0 Å². The molecule has 2 heterocycles. The standard InChI is InChI=1S/C16H19N5O4/c22-14(18-16(10-15(23)24)5-7-25-8-6-16)9-12-1-3-13(4-2-12)21-11-17-19-20-21/h1-4,11H,5-10H2,(H,18,22)(H,23,24). The average molecular weight is 345 g/mol. The van der Waals surface area contributed by atoms with Gasteiger partial charge >= 0.3 is 5.97 Å². The van der Waals surface area contributed by atoms with Crippen LogP contribution >= 0.6 is 0 Å². The molecule has 1 aromatic carbocycles. The molecule has 0 spiro atoms. The Hall–Kier alpha value is -2.81. The number of benzene rings is 1. The van der Waals surface area contributed by atoms with Gasteiger partial charge in [0.15, 0.2) is 0 Å². The summed E-state index contributed by atoms with van der Waals surface area (Å²) in [5, 5.41) is 23.0. The summed E-state index contributed by atoms with van der Waals surface area (Å²) in [5.74, 6) is -1.12. The third-order valence-corrected chi connectivity index (χ3v) is 4.26. The third-order valence-electron chi connectivity index (χ3n) is 4.26. The number of amides is 1. The van der Waals surface area contributed by atoms with E-state index in [0.717, 1.165) is 11.3 Å². The van der Waals surface area contributed by atoms with Crippen LogP contribution in [-0.2, 0) is 20.7 Å². The first-order chi connectivity index (χ1) is 12.1. The molecule has 0 unspecified atom stereocenters. The van der Waals surface area contributed by atoms with Crippen LogP contribution in [0.2, 0.25) is 0 Å². The summed E-state index contributed by atoms with van der Waals surface area (Å²) in [4.78, 5) is 23.6. The van der Waals surface area contributed by atoms with Gasteiger partial charge in [-0.2, -0.15) is 0 Å². The molecule has 0 atom stereocenters. The highest BCUT2D eigenvalue weighted by molar-refractivity contribution is 5.80. The minimum atomic E-state index is -0.923. The lowest BCUT2D eigenvalue weighted by Gasteiger charge is -2.36. The summed E-state index contributed by atoms with van der Waals surface area (Å²) >= 11 is 0. The summed E-state index contributed by atoms with van der Waals surface area (Å²) < 4.78 is 6.81. The third kappa shape index (κ3) is 4.38. The highest BCUT2D eigenvalue weighted by Crippen LogP contribution is 2.25. The Labute approximate surface area is 144 Å². The first kappa shape index (κ1) is 17.0. The van der Waals surface area contributed by atoms with E-state index in [0.29, 0.717) is 26.1 Å². The van der Waals surface area contributed by atoms with Gasteiger partial charge < -0.3 is 15.2 Å². The van der Waals surface area contributed by atoms with Gasteiger partial charge in [-0.25, -0.2) is 4.68 Å². The Kier molecular flexibility index (Phi) is 5.03. The molecular formula is C16H19N5O4. The summed E-state index contributed by atoms with van der Waals surface area (Å²) in [6, 6.07) is 7.29. The second-order valence-electron chi connectivity index (χ2n) is 6.11. The highest BCUT2D eigenvalue weighted by Gasteiger charge is 2.36. The molecule has 0 bridgehead atoms. The Morgan fingerprint density at radius 2 is 1.96 bits per heavy atom. The molecule has 0 aliphatic carbocycles. The number of rotatable bonds is 6. The lowest BCUT2D eigenvalue weighted by molar-refractivity contribution is -0.140. The second-order valence-corrected chi connectivity index (χ2v) is 6.11. The molecule has 1 aliphatic heterocycles. The number of carboxylic acids is 1. The van der Waals surface area contributed by atoms with Gasteiger partial charge in [0.05, 0.1) is 24.1 Å². The molecule has 0 radical (unpaired) electrons. The van der Waals surface area contributed by atoms with Crippen molar-refractivity contribution in [2.45, 2.75) is 31.2 Å². The van der Waals surface area contributed by atoms with Crippen LogP contribution in [0.4, 0.5) is 0 Å².